The zero-order valence-corrected chi connectivity index (χ0v) is 22.5. The van der Waals surface area contributed by atoms with Gasteiger partial charge in [0.25, 0.3) is 5.56 Å². The van der Waals surface area contributed by atoms with Gasteiger partial charge in [0.1, 0.15) is 13.2 Å². The van der Waals surface area contributed by atoms with E-state index < -0.39 is 24.1 Å². The molecule has 0 saturated carbocycles. The summed E-state index contributed by atoms with van der Waals surface area (Å²) in [7, 11) is 0. The van der Waals surface area contributed by atoms with Gasteiger partial charge in [-0.1, -0.05) is 30.2 Å². The molecule has 4 heterocycles. The highest BCUT2D eigenvalue weighted by Crippen LogP contribution is 2.40. The number of carbonyl (C=O) groups is 2. The van der Waals surface area contributed by atoms with E-state index in [0.717, 1.165) is 16.5 Å². The fraction of sp³-hybridized carbons (Fsp3) is 0.429. The number of para-hydroxylation sites is 1. The third-order valence-corrected chi connectivity index (χ3v) is 7.04. The van der Waals surface area contributed by atoms with Gasteiger partial charge in [-0.05, 0) is 30.2 Å². The molecule has 1 aromatic carbocycles. The van der Waals surface area contributed by atoms with Crippen LogP contribution >= 0.6 is 0 Å². The Morgan fingerprint density at radius 2 is 1.88 bits per heavy atom. The molecule has 0 saturated heterocycles. The average molecular weight is 564 g/mol. The molecule has 1 atom stereocenters. The number of pyridine rings is 2. The summed E-state index contributed by atoms with van der Waals surface area (Å²) in [6.07, 6.45) is 0.0638. The van der Waals surface area contributed by atoms with Gasteiger partial charge in [-0.3, -0.25) is 4.79 Å². The van der Waals surface area contributed by atoms with Crippen molar-refractivity contribution >= 4 is 22.8 Å². The van der Waals surface area contributed by atoms with Crippen LogP contribution in [0.5, 0.6) is 0 Å². The van der Waals surface area contributed by atoms with Crippen LogP contribution in [-0.2, 0) is 52.0 Å². The van der Waals surface area contributed by atoms with E-state index in [2.05, 4.69) is 10.0 Å². The molecule has 0 N–H and O–H groups in total. The van der Waals surface area contributed by atoms with E-state index in [9.17, 15) is 14.4 Å². The van der Waals surface area contributed by atoms with Crippen molar-refractivity contribution < 1.29 is 33.3 Å². The topological polar surface area (TPSA) is 164 Å². The van der Waals surface area contributed by atoms with Crippen LogP contribution < -0.4 is 5.56 Å². The van der Waals surface area contributed by atoms with Crippen LogP contribution in [0.1, 0.15) is 30.0 Å². The molecule has 0 bridgehead atoms. The summed E-state index contributed by atoms with van der Waals surface area (Å²) in [5, 5.41) is 4.32. The molecule has 2 aliphatic heterocycles. The number of rotatable bonds is 13. The lowest BCUT2D eigenvalue weighted by atomic mass is 9.85. The maximum atomic E-state index is 13.6. The molecular formula is C28H29N5O8. The number of benzene rings is 1. The third kappa shape index (κ3) is 5.66. The highest BCUT2D eigenvalue weighted by Gasteiger charge is 2.50. The number of azide groups is 1. The van der Waals surface area contributed by atoms with E-state index in [-0.39, 0.29) is 43.9 Å². The van der Waals surface area contributed by atoms with Gasteiger partial charge in [-0.2, -0.15) is 0 Å². The average Bonchev–Trinajstić information content (AvgIpc) is 3.34. The Hall–Kier alpha value is -4.29. The first-order chi connectivity index (χ1) is 20.0. The molecule has 0 aliphatic carbocycles. The van der Waals surface area contributed by atoms with Gasteiger partial charge < -0.3 is 28.3 Å². The van der Waals surface area contributed by atoms with Crippen LogP contribution in [0.2, 0.25) is 0 Å². The predicted molar refractivity (Wildman–Crippen MR) is 145 cm³/mol. The summed E-state index contributed by atoms with van der Waals surface area (Å²) >= 11 is 0. The highest BCUT2D eigenvalue weighted by molar-refractivity contribution is 5.88. The second kappa shape index (κ2) is 12.5. The molecule has 214 valence electrons. The molecule has 41 heavy (non-hydrogen) atoms. The molecule has 0 spiro atoms. The molecule has 5 rings (SSSR count). The monoisotopic (exact) mass is 563 g/mol. The van der Waals surface area contributed by atoms with Gasteiger partial charge in [-0.15, -0.1) is 0 Å². The van der Waals surface area contributed by atoms with Gasteiger partial charge in [-0.25, -0.2) is 14.6 Å². The lowest BCUT2D eigenvalue weighted by Gasteiger charge is -2.35. The zero-order chi connectivity index (χ0) is 28.8. The highest BCUT2D eigenvalue weighted by atomic mass is 16.6. The molecule has 13 nitrogen and oxygen atoms in total. The Kier molecular flexibility index (Phi) is 8.60. The second-order valence-electron chi connectivity index (χ2n) is 9.46. The smallest absolute Gasteiger partial charge is 0.355 e. The molecule has 2 aliphatic rings. The lowest BCUT2D eigenvalue weighted by Crippen LogP contribution is -2.48. The van der Waals surface area contributed by atoms with Crippen LogP contribution in [0, 0.1) is 0 Å². The van der Waals surface area contributed by atoms with Crippen molar-refractivity contribution in [1.29, 1.82) is 0 Å². The van der Waals surface area contributed by atoms with Crippen molar-refractivity contribution in [2.24, 2.45) is 5.11 Å². The van der Waals surface area contributed by atoms with Crippen molar-refractivity contribution in [3.8, 4) is 11.4 Å². The SMILES string of the molecule is CC[C@@]1(OC(=O)COCCOCCOCCN=[N+]=[N-])C(=O)OCc2c1cc1n(c2=O)Cc2cc3ccccc3nc2-1. The van der Waals surface area contributed by atoms with Crippen molar-refractivity contribution in [2.75, 3.05) is 46.2 Å². The number of ether oxygens (including phenoxy) is 5. The standard InChI is InChI=1S/C28H29N5O8/c1-2-28(41-24(34)17-39-12-11-38-10-9-37-8-7-30-32-29)21-14-23-25-19(13-18-5-3-4-6-22(18)31-25)15-33(23)26(35)20(21)16-40-27(28)36/h3-6,13-14H,2,7-12,15-17H2,1H3/t28-/m0/s1. The molecule has 0 amide bonds. The Morgan fingerprint density at radius 1 is 1.12 bits per heavy atom. The van der Waals surface area contributed by atoms with Gasteiger partial charge in [0, 0.05) is 28.0 Å². The summed E-state index contributed by atoms with van der Waals surface area (Å²) in [6, 6.07) is 11.4. The molecule has 0 fully saturated rings. The van der Waals surface area contributed by atoms with E-state index in [4.69, 9.17) is 34.2 Å². The Labute approximate surface area is 234 Å². The third-order valence-electron chi connectivity index (χ3n) is 7.04. The molecule has 0 radical (unpaired) electrons. The van der Waals surface area contributed by atoms with Crippen molar-refractivity contribution in [3.05, 3.63) is 73.9 Å². The number of esters is 2. The summed E-state index contributed by atoms with van der Waals surface area (Å²) in [6.45, 7) is 2.91. The number of cyclic esters (lactones) is 1. The summed E-state index contributed by atoms with van der Waals surface area (Å²) in [5.41, 5.74) is 9.60. The van der Waals surface area contributed by atoms with E-state index in [1.165, 1.54) is 0 Å². The van der Waals surface area contributed by atoms with Crippen LogP contribution in [0.15, 0.2) is 46.3 Å². The maximum Gasteiger partial charge on any atom is 0.355 e. The summed E-state index contributed by atoms with van der Waals surface area (Å²) < 4.78 is 28.7. The lowest BCUT2D eigenvalue weighted by molar-refractivity contribution is -0.192. The normalized spacial score (nSPS) is 16.9. The molecule has 13 heteroatoms. The van der Waals surface area contributed by atoms with Crippen LogP contribution in [0.4, 0.5) is 0 Å². The second-order valence-corrected chi connectivity index (χ2v) is 9.46. The first kappa shape index (κ1) is 28.2. The fourth-order valence-corrected chi connectivity index (χ4v) is 5.05. The first-order valence-electron chi connectivity index (χ1n) is 13.3. The Bertz CT molecular complexity index is 1580. The van der Waals surface area contributed by atoms with Gasteiger partial charge in [0.05, 0.1) is 62.0 Å². The van der Waals surface area contributed by atoms with Gasteiger partial charge in [0.2, 0.25) is 5.60 Å². The van der Waals surface area contributed by atoms with E-state index in [1.807, 2.05) is 30.3 Å². The first-order valence-corrected chi connectivity index (χ1v) is 13.3. The van der Waals surface area contributed by atoms with E-state index in [1.54, 1.807) is 17.6 Å². The largest absolute Gasteiger partial charge is 0.457 e. The number of carbonyl (C=O) groups excluding carboxylic acids is 2. The molecule has 2 aromatic heterocycles. The molecule has 0 unspecified atom stereocenters. The van der Waals surface area contributed by atoms with Crippen molar-refractivity contribution in [1.82, 2.24) is 9.55 Å². The number of nitrogens with zero attached hydrogens (tertiary/aromatic N) is 5. The summed E-state index contributed by atoms with van der Waals surface area (Å²) in [4.78, 5) is 46.9. The summed E-state index contributed by atoms with van der Waals surface area (Å²) in [5.74, 6) is -1.51. The van der Waals surface area contributed by atoms with Crippen molar-refractivity contribution in [3.63, 3.8) is 0 Å². The van der Waals surface area contributed by atoms with E-state index >= 15 is 0 Å². The van der Waals surface area contributed by atoms with Crippen molar-refractivity contribution in [2.45, 2.75) is 32.1 Å². The minimum Gasteiger partial charge on any atom is -0.457 e. The molecule has 3 aromatic rings. The molecular weight excluding hydrogens is 534 g/mol. The number of hydrogen-bond donors (Lipinski definition) is 0. The van der Waals surface area contributed by atoms with Crippen LogP contribution in [0.3, 0.4) is 0 Å². The van der Waals surface area contributed by atoms with Crippen LogP contribution in [0.25, 0.3) is 32.7 Å². The fourth-order valence-electron chi connectivity index (χ4n) is 5.05. The van der Waals surface area contributed by atoms with Gasteiger partial charge >= 0.3 is 11.9 Å². The minimum absolute atomic E-state index is 0.0638. The number of aromatic nitrogens is 2. The number of fused-ring (bicyclic) bond motifs is 5. The zero-order valence-electron chi connectivity index (χ0n) is 22.5. The number of hydrogen-bond acceptors (Lipinski definition) is 10. The Morgan fingerprint density at radius 3 is 2.66 bits per heavy atom. The van der Waals surface area contributed by atoms with Gasteiger partial charge in [0.15, 0.2) is 0 Å². The minimum atomic E-state index is -1.79. The predicted octanol–water partition coefficient (Wildman–Crippen LogP) is 2.99. The maximum absolute atomic E-state index is 13.6. The quantitative estimate of drug-likeness (QED) is 0.0782. The Balaban J connectivity index is 1.27. The van der Waals surface area contributed by atoms with E-state index in [0.29, 0.717) is 43.3 Å². The van der Waals surface area contributed by atoms with Crippen LogP contribution in [-0.4, -0.2) is 67.7 Å².